The monoisotopic (exact) mass is 332 g/mol. The summed E-state index contributed by atoms with van der Waals surface area (Å²) in [7, 11) is -3.44. The molecule has 0 aliphatic heterocycles. The van der Waals surface area contributed by atoms with E-state index in [0.717, 1.165) is 23.1 Å². The summed E-state index contributed by atoms with van der Waals surface area (Å²) in [5, 5.41) is 4.61. The molecule has 20 heavy (non-hydrogen) atoms. The highest BCUT2D eigenvalue weighted by molar-refractivity contribution is 7.91. The first-order chi connectivity index (χ1) is 9.53. The lowest BCUT2D eigenvalue weighted by atomic mass is 10.3. The fourth-order valence-electron chi connectivity index (χ4n) is 1.77. The van der Waals surface area contributed by atoms with E-state index < -0.39 is 10.0 Å². The van der Waals surface area contributed by atoms with Gasteiger partial charge in [-0.05, 0) is 42.6 Å². The Morgan fingerprint density at radius 1 is 1.20 bits per heavy atom. The van der Waals surface area contributed by atoms with Crippen molar-refractivity contribution in [2.24, 2.45) is 0 Å². The van der Waals surface area contributed by atoms with Gasteiger partial charge in [0.1, 0.15) is 4.21 Å². The van der Waals surface area contributed by atoms with Crippen molar-refractivity contribution < 1.29 is 8.42 Å². The summed E-state index contributed by atoms with van der Waals surface area (Å²) in [6.07, 6.45) is 1.03. The Kier molecular flexibility index (Phi) is 5.40. The van der Waals surface area contributed by atoms with Crippen LogP contribution in [0.15, 0.2) is 28.5 Å². The van der Waals surface area contributed by atoms with Crippen molar-refractivity contribution in [3.05, 3.63) is 29.3 Å². The lowest BCUT2D eigenvalue weighted by molar-refractivity contribution is 0.577. The van der Waals surface area contributed by atoms with Crippen LogP contribution < -0.4 is 10.0 Å². The summed E-state index contributed by atoms with van der Waals surface area (Å²) < 4.78 is 28.2. The summed E-state index contributed by atoms with van der Waals surface area (Å²) in [4.78, 5) is 0. The smallest absolute Gasteiger partial charge is 0.250 e. The first-order valence-electron chi connectivity index (χ1n) is 6.42. The zero-order valence-electron chi connectivity index (χ0n) is 11.1. The van der Waals surface area contributed by atoms with E-state index in [9.17, 15) is 8.42 Å². The zero-order valence-corrected chi connectivity index (χ0v) is 13.5. The molecule has 0 amide bonds. The molecule has 4 nitrogen and oxygen atoms in total. The van der Waals surface area contributed by atoms with Crippen LogP contribution in [0.4, 0.5) is 0 Å². The van der Waals surface area contributed by atoms with Gasteiger partial charge >= 0.3 is 0 Å². The van der Waals surface area contributed by atoms with Gasteiger partial charge in [-0.1, -0.05) is 18.5 Å². The molecule has 0 saturated heterocycles. The van der Waals surface area contributed by atoms with E-state index in [1.807, 2.05) is 6.07 Å². The number of hydrogen-bond acceptors (Lipinski definition) is 4. The van der Waals surface area contributed by atoms with Crippen molar-refractivity contribution in [2.75, 3.05) is 19.6 Å². The van der Waals surface area contributed by atoms with Crippen LogP contribution in [-0.2, 0) is 10.0 Å². The molecule has 0 bridgehead atoms. The summed E-state index contributed by atoms with van der Waals surface area (Å²) in [5.74, 6) is 0. The van der Waals surface area contributed by atoms with Crippen LogP contribution >= 0.6 is 22.9 Å². The van der Waals surface area contributed by atoms with Gasteiger partial charge in [0.15, 0.2) is 0 Å². The topological polar surface area (TPSA) is 58.2 Å². The third kappa shape index (κ3) is 3.93. The molecule has 0 atom stereocenters. The maximum atomic E-state index is 12.2. The zero-order chi connectivity index (χ0) is 14.6. The Bertz CT molecular complexity index is 683. The Hall–Kier alpha value is -0.660. The molecule has 0 unspecified atom stereocenters. The van der Waals surface area contributed by atoms with E-state index in [2.05, 4.69) is 17.0 Å². The van der Waals surface area contributed by atoms with E-state index in [1.54, 1.807) is 18.2 Å². The highest BCUT2D eigenvalue weighted by atomic mass is 35.5. The van der Waals surface area contributed by atoms with Crippen LogP contribution in [0.1, 0.15) is 13.3 Å². The first kappa shape index (κ1) is 15.7. The predicted octanol–water partition coefficient (Wildman–Crippen LogP) is 2.83. The SMILES string of the molecule is CCCNCCNS(=O)(=O)c1cc2cc(Cl)ccc2s1. The highest BCUT2D eigenvalue weighted by Gasteiger charge is 2.16. The second kappa shape index (κ2) is 6.87. The average molecular weight is 333 g/mol. The van der Waals surface area contributed by atoms with Gasteiger partial charge in [0.05, 0.1) is 0 Å². The Labute approximate surface area is 128 Å². The molecular weight excluding hydrogens is 316 g/mol. The van der Waals surface area contributed by atoms with E-state index >= 15 is 0 Å². The van der Waals surface area contributed by atoms with E-state index in [-0.39, 0.29) is 0 Å². The molecule has 110 valence electrons. The fourth-order valence-corrected chi connectivity index (χ4v) is 4.40. The number of nitrogens with one attached hydrogen (secondary N) is 2. The minimum atomic E-state index is -3.44. The molecule has 0 radical (unpaired) electrons. The molecule has 0 spiro atoms. The van der Waals surface area contributed by atoms with Crippen LogP contribution in [0, 0.1) is 0 Å². The van der Waals surface area contributed by atoms with Crippen LogP contribution in [0.2, 0.25) is 5.02 Å². The van der Waals surface area contributed by atoms with Crippen LogP contribution in [0.3, 0.4) is 0 Å². The van der Waals surface area contributed by atoms with Crippen molar-refractivity contribution in [3.63, 3.8) is 0 Å². The quantitative estimate of drug-likeness (QED) is 0.766. The van der Waals surface area contributed by atoms with E-state index in [0.29, 0.717) is 22.3 Å². The number of hydrogen-bond donors (Lipinski definition) is 2. The number of halogens is 1. The molecule has 1 aromatic carbocycles. The molecule has 7 heteroatoms. The maximum Gasteiger partial charge on any atom is 0.250 e. The van der Waals surface area contributed by atoms with Crippen LogP contribution in [0.25, 0.3) is 10.1 Å². The summed E-state index contributed by atoms with van der Waals surface area (Å²) in [5.41, 5.74) is 0. The van der Waals surface area contributed by atoms with Gasteiger partial charge in [0, 0.05) is 22.8 Å². The standard InChI is InChI=1S/C13H17ClN2O2S2/c1-2-5-15-6-7-16-20(17,18)13-9-10-8-11(14)3-4-12(10)19-13/h3-4,8-9,15-16H,2,5-7H2,1H3. The van der Waals surface area contributed by atoms with Crippen molar-refractivity contribution in [1.29, 1.82) is 0 Å². The molecule has 0 aliphatic carbocycles. The van der Waals surface area contributed by atoms with Crippen LogP contribution in [-0.4, -0.2) is 28.1 Å². The number of rotatable bonds is 7. The fraction of sp³-hybridized carbons (Fsp3) is 0.385. The second-order valence-corrected chi connectivity index (χ2v) is 7.91. The number of thiophene rings is 1. The summed E-state index contributed by atoms with van der Waals surface area (Å²) in [6, 6.07) is 7.03. The first-order valence-corrected chi connectivity index (χ1v) is 9.10. The third-order valence-electron chi connectivity index (χ3n) is 2.74. The second-order valence-electron chi connectivity index (χ2n) is 4.40. The predicted molar refractivity (Wildman–Crippen MR) is 85.2 cm³/mol. The summed E-state index contributed by atoms with van der Waals surface area (Å²) in [6.45, 7) is 3.98. The van der Waals surface area contributed by atoms with Gasteiger partial charge in [-0.3, -0.25) is 0 Å². The Morgan fingerprint density at radius 3 is 2.75 bits per heavy atom. The highest BCUT2D eigenvalue weighted by Crippen LogP contribution is 2.30. The number of fused-ring (bicyclic) bond motifs is 1. The van der Waals surface area contributed by atoms with E-state index in [4.69, 9.17) is 11.6 Å². The normalized spacial score (nSPS) is 12.1. The molecule has 2 N–H and O–H groups in total. The molecule has 1 heterocycles. The van der Waals surface area contributed by atoms with Crippen molar-refractivity contribution >= 4 is 43.0 Å². The Morgan fingerprint density at radius 2 is 2.00 bits per heavy atom. The van der Waals surface area contributed by atoms with Gasteiger partial charge in [-0.25, -0.2) is 13.1 Å². The summed E-state index contributed by atoms with van der Waals surface area (Å²) >= 11 is 7.16. The van der Waals surface area contributed by atoms with Gasteiger partial charge < -0.3 is 5.32 Å². The van der Waals surface area contributed by atoms with Gasteiger partial charge in [-0.15, -0.1) is 11.3 Å². The number of benzene rings is 1. The largest absolute Gasteiger partial charge is 0.315 e. The third-order valence-corrected chi connectivity index (χ3v) is 6.03. The maximum absolute atomic E-state index is 12.2. The van der Waals surface area contributed by atoms with Crippen molar-refractivity contribution in [3.8, 4) is 0 Å². The van der Waals surface area contributed by atoms with Gasteiger partial charge in [0.2, 0.25) is 10.0 Å². The molecular formula is C13H17ClN2O2S2. The Balaban J connectivity index is 2.07. The molecule has 0 aliphatic rings. The molecule has 2 aromatic rings. The minimum absolute atomic E-state index is 0.324. The van der Waals surface area contributed by atoms with Crippen LogP contribution in [0.5, 0.6) is 0 Å². The number of sulfonamides is 1. The average Bonchev–Trinajstić information content (AvgIpc) is 2.82. The van der Waals surface area contributed by atoms with Crippen molar-refractivity contribution in [1.82, 2.24) is 10.0 Å². The van der Waals surface area contributed by atoms with Gasteiger partial charge in [-0.2, -0.15) is 0 Å². The van der Waals surface area contributed by atoms with Gasteiger partial charge in [0.25, 0.3) is 0 Å². The molecule has 0 fully saturated rings. The minimum Gasteiger partial charge on any atom is -0.315 e. The molecule has 0 saturated carbocycles. The lowest BCUT2D eigenvalue weighted by Gasteiger charge is -2.05. The van der Waals surface area contributed by atoms with E-state index in [1.165, 1.54) is 11.3 Å². The van der Waals surface area contributed by atoms with Crippen molar-refractivity contribution in [2.45, 2.75) is 17.6 Å². The molecule has 1 aromatic heterocycles. The molecule has 2 rings (SSSR count). The lowest BCUT2D eigenvalue weighted by Crippen LogP contribution is -2.31.